The second kappa shape index (κ2) is 6.07. The van der Waals surface area contributed by atoms with Gasteiger partial charge in [-0.15, -0.1) is 11.8 Å². The van der Waals surface area contributed by atoms with E-state index < -0.39 is 0 Å². The van der Waals surface area contributed by atoms with Crippen LogP contribution in [0.1, 0.15) is 29.7 Å². The lowest BCUT2D eigenvalue weighted by molar-refractivity contribution is 0.815. The number of rotatable bonds is 4. The molecule has 0 bridgehead atoms. The second-order valence-electron chi connectivity index (χ2n) is 4.58. The van der Waals surface area contributed by atoms with E-state index in [2.05, 4.69) is 55.5 Å². The number of aryl methyl sites for hydroxylation is 1. The quantitative estimate of drug-likeness (QED) is 0.826. The van der Waals surface area contributed by atoms with E-state index in [1.165, 1.54) is 21.6 Å². The molecule has 0 radical (unpaired) electrons. The Balaban J connectivity index is 2.07. The summed E-state index contributed by atoms with van der Waals surface area (Å²) in [6, 6.07) is 17.1. The van der Waals surface area contributed by atoms with E-state index in [9.17, 15) is 0 Å². The number of thioether (sulfide) groups is 1. The van der Waals surface area contributed by atoms with Gasteiger partial charge in [0.25, 0.3) is 0 Å². The van der Waals surface area contributed by atoms with Crippen molar-refractivity contribution in [2.75, 3.05) is 0 Å². The number of hydrogen-bond acceptors (Lipinski definition) is 2. The molecule has 0 fully saturated rings. The highest BCUT2D eigenvalue weighted by atomic mass is 32.2. The zero-order valence-electron chi connectivity index (χ0n) is 10.9. The molecule has 1 unspecified atom stereocenters. The summed E-state index contributed by atoms with van der Waals surface area (Å²) in [7, 11) is 0. The smallest absolute Gasteiger partial charge is 0.0266 e. The Morgan fingerprint density at radius 1 is 1.11 bits per heavy atom. The lowest BCUT2D eigenvalue weighted by Crippen LogP contribution is -2.04. The third-order valence-electron chi connectivity index (χ3n) is 3.04. The molecule has 0 aliphatic rings. The third kappa shape index (κ3) is 3.37. The van der Waals surface area contributed by atoms with Crippen molar-refractivity contribution in [1.29, 1.82) is 0 Å². The standard InChI is InChI=1S/C16H19NS/c1-12-6-3-4-7-15(12)11-18-16-9-5-8-14(10-16)13(2)17/h3-10,13H,11,17H2,1-2H3. The largest absolute Gasteiger partial charge is 0.324 e. The number of hydrogen-bond donors (Lipinski definition) is 1. The van der Waals surface area contributed by atoms with Gasteiger partial charge in [-0.25, -0.2) is 0 Å². The summed E-state index contributed by atoms with van der Waals surface area (Å²) >= 11 is 1.86. The molecule has 2 aromatic carbocycles. The molecule has 1 atom stereocenters. The van der Waals surface area contributed by atoms with Crippen molar-refractivity contribution in [2.45, 2.75) is 30.5 Å². The van der Waals surface area contributed by atoms with E-state index in [4.69, 9.17) is 5.73 Å². The van der Waals surface area contributed by atoms with E-state index in [0.29, 0.717) is 0 Å². The number of benzene rings is 2. The molecule has 0 spiro atoms. The van der Waals surface area contributed by atoms with Gasteiger partial charge in [0.2, 0.25) is 0 Å². The Morgan fingerprint density at radius 2 is 1.89 bits per heavy atom. The lowest BCUT2D eigenvalue weighted by atomic mass is 10.1. The van der Waals surface area contributed by atoms with Crippen LogP contribution in [0.5, 0.6) is 0 Å². The van der Waals surface area contributed by atoms with Gasteiger partial charge in [0, 0.05) is 16.7 Å². The Morgan fingerprint density at radius 3 is 2.61 bits per heavy atom. The van der Waals surface area contributed by atoms with Crippen molar-refractivity contribution >= 4 is 11.8 Å². The van der Waals surface area contributed by atoms with E-state index in [0.717, 1.165) is 5.75 Å². The summed E-state index contributed by atoms with van der Waals surface area (Å²) in [5, 5.41) is 0. The molecule has 0 amide bonds. The fourth-order valence-electron chi connectivity index (χ4n) is 1.82. The summed E-state index contributed by atoms with van der Waals surface area (Å²) in [4.78, 5) is 1.29. The molecule has 1 nitrogen and oxygen atoms in total. The molecule has 2 rings (SSSR count). The van der Waals surface area contributed by atoms with Gasteiger partial charge < -0.3 is 5.73 Å². The van der Waals surface area contributed by atoms with Gasteiger partial charge in [0.15, 0.2) is 0 Å². The first kappa shape index (κ1) is 13.2. The molecule has 2 aromatic rings. The van der Waals surface area contributed by atoms with Crippen LogP contribution in [0.2, 0.25) is 0 Å². The van der Waals surface area contributed by atoms with Crippen molar-refractivity contribution in [2.24, 2.45) is 5.73 Å². The first-order valence-corrected chi connectivity index (χ1v) is 7.18. The zero-order chi connectivity index (χ0) is 13.0. The fourth-order valence-corrected chi connectivity index (χ4v) is 2.86. The molecular formula is C16H19NS. The molecule has 2 heteroatoms. The van der Waals surface area contributed by atoms with Crippen LogP contribution in [0.4, 0.5) is 0 Å². The van der Waals surface area contributed by atoms with Gasteiger partial charge in [-0.05, 0) is 42.7 Å². The van der Waals surface area contributed by atoms with Crippen LogP contribution in [0, 0.1) is 6.92 Å². The monoisotopic (exact) mass is 257 g/mol. The van der Waals surface area contributed by atoms with Gasteiger partial charge in [-0.2, -0.15) is 0 Å². The average molecular weight is 257 g/mol. The van der Waals surface area contributed by atoms with E-state index in [-0.39, 0.29) is 6.04 Å². The lowest BCUT2D eigenvalue weighted by Gasteiger charge is -2.09. The topological polar surface area (TPSA) is 26.0 Å². The summed E-state index contributed by atoms with van der Waals surface area (Å²) in [6.45, 7) is 4.18. The van der Waals surface area contributed by atoms with Gasteiger partial charge in [-0.3, -0.25) is 0 Å². The molecule has 94 valence electrons. The fraction of sp³-hybridized carbons (Fsp3) is 0.250. The van der Waals surface area contributed by atoms with Crippen molar-refractivity contribution < 1.29 is 0 Å². The predicted octanol–water partition coefficient (Wildman–Crippen LogP) is 4.31. The van der Waals surface area contributed by atoms with Crippen LogP contribution < -0.4 is 5.73 Å². The van der Waals surface area contributed by atoms with E-state index in [1.54, 1.807) is 0 Å². The minimum atomic E-state index is 0.101. The molecular weight excluding hydrogens is 238 g/mol. The van der Waals surface area contributed by atoms with Crippen LogP contribution in [0.25, 0.3) is 0 Å². The molecule has 0 heterocycles. The van der Waals surface area contributed by atoms with Crippen LogP contribution >= 0.6 is 11.8 Å². The highest BCUT2D eigenvalue weighted by Crippen LogP contribution is 2.26. The predicted molar refractivity (Wildman–Crippen MR) is 79.8 cm³/mol. The molecule has 0 saturated carbocycles. The number of nitrogens with two attached hydrogens (primary N) is 1. The maximum atomic E-state index is 5.90. The van der Waals surface area contributed by atoms with E-state index >= 15 is 0 Å². The van der Waals surface area contributed by atoms with Crippen molar-refractivity contribution in [3.8, 4) is 0 Å². The molecule has 2 N–H and O–H groups in total. The van der Waals surface area contributed by atoms with Crippen LogP contribution in [-0.4, -0.2) is 0 Å². The first-order chi connectivity index (χ1) is 8.66. The molecule has 18 heavy (non-hydrogen) atoms. The van der Waals surface area contributed by atoms with Crippen LogP contribution in [0.3, 0.4) is 0 Å². The summed E-state index contributed by atoms with van der Waals surface area (Å²) in [6.07, 6.45) is 0. The Kier molecular flexibility index (Phi) is 4.45. The van der Waals surface area contributed by atoms with Crippen molar-refractivity contribution in [3.05, 3.63) is 65.2 Å². The molecule has 0 aliphatic heterocycles. The highest BCUT2D eigenvalue weighted by Gasteiger charge is 2.02. The SMILES string of the molecule is Cc1ccccc1CSc1cccc(C(C)N)c1. The Hall–Kier alpha value is -1.25. The van der Waals surface area contributed by atoms with Crippen molar-refractivity contribution in [3.63, 3.8) is 0 Å². The zero-order valence-corrected chi connectivity index (χ0v) is 11.7. The Bertz CT molecular complexity index is 520. The van der Waals surface area contributed by atoms with Crippen LogP contribution in [-0.2, 0) is 5.75 Å². The normalized spacial score (nSPS) is 12.4. The summed E-state index contributed by atoms with van der Waals surface area (Å²) in [5.41, 5.74) is 9.86. The molecule has 0 aliphatic carbocycles. The van der Waals surface area contributed by atoms with Gasteiger partial charge in [0.1, 0.15) is 0 Å². The maximum absolute atomic E-state index is 5.90. The van der Waals surface area contributed by atoms with E-state index in [1.807, 2.05) is 18.7 Å². The maximum Gasteiger partial charge on any atom is 0.0266 e. The minimum absolute atomic E-state index is 0.101. The molecule has 0 aromatic heterocycles. The van der Waals surface area contributed by atoms with Gasteiger partial charge in [0.05, 0.1) is 0 Å². The van der Waals surface area contributed by atoms with Crippen molar-refractivity contribution in [1.82, 2.24) is 0 Å². The summed E-state index contributed by atoms with van der Waals surface area (Å²) in [5.74, 6) is 1.01. The van der Waals surface area contributed by atoms with Gasteiger partial charge in [-0.1, -0.05) is 36.4 Å². The minimum Gasteiger partial charge on any atom is -0.324 e. The average Bonchev–Trinajstić information content (AvgIpc) is 2.38. The second-order valence-corrected chi connectivity index (χ2v) is 5.63. The highest BCUT2D eigenvalue weighted by molar-refractivity contribution is 7.98. The molecule has 0 saturated heterocycles. The first-order valence-electron chi connectivity index (χ1n) is 6.19. The third-order valence-corrected chi connectivity index (χ3v) is 4.08. The summed E-state index contributed by atoms with van der Waals surface area (Å²) < 4.78 is 0. The van der Waals surface area contributed by atoms with Crippen LogP contribution in [0.15, 0.2) is 53.4 Å². The van der Waals surface area contributed by atoms with Gasteiger partial charge >= 0.3 is 0 Å². The Labute approximate surface area is 113 Å².